The summed E-state index contributed by atoms with van der Waals surface area (Å²) in [6.45, 7) is 11.7. The van der Waals surface area contributed by atoms with E-state index in [1.54, 1.807) is 7.11 Å². The molecule has 0 aromatic carbocycles. The van der Waals surface area contributed by atoms with Gasteiger partial charge in [-0.1, -0.05) is 6.42 Å². The van der Waals surface area contributed by atoms with Gasteiger partial charge in [0.05, 0.1) is 13.2 Å². The number of ether oxygens (including phenoxy) is 2. The number of hydrogen-bond donors (Lipinski definition) is 2. The number of guanidine groups is 1. The highest BCUT2D eigenvalue weighted by Crippen LogP contribution is 2.44. The second kappa shape index (κ2) is 12.3. The number of nitrogens with zero attached hydrogens (tertiary/aromatic N) is 2. The van der Waals surface area contributed by atoms with Crippen LogP contribution < -0.4 is 10.6 Å². The Morgan fingerprint density at radius 1 is 1.28 bits per heavy atom. The monoisotopic (exact) mass is 468 g/mol. The van der Waals surface area contributed by atoms with E-state index in [9.17, 15) is 0 Å². The van der Waals surface area contributed by atoms with Gasteiger partial charge in [0.1, 0.15) is 0 Å². The molecule has 2 aliphatic rings. The average Bonchev–Trinajstić information content (AvgIpc) is 2.58. The highest BCUT2D eigenvalue weighted by atomic mass is 127. The number of aliphatic imine (C=N–C) groups is 1. The van der Waals surface area contributed by atoms with Crippen LogP contribution in [0.3, 0.4) is 0 Å². The highest BCUT2D eigenvalue weighted by molar-refractivity contribution is 14.0. The van der Waals surface area contributed by atoms with E-state index < -0.39 is 0 Å². The van der Waals surface area contributed by atoms with Gasteiger partial charge in [0.2, 0.25) is 0 Å². The van der Waals surface area contributed by atoms with Crippen molar-refractivity contribution < 1.29 is 9.47 Å². The lowest BCUT2D eigenvalue weighted by molar-refractivity contribution is 0.0211. The lowest BCUT2D eigenvalue weighted by atomic mass is 9.67. The van der Waals surface area contributed by atoms with E-state index in [0.29, 0.717) is 11.5 Å². The summed E-state index contributed by atoms with van der Waals surface area (Å²) in [6.07, 6.45) is 5.01. The van der Waals surface area contributed by atoms with Crippen LogP contribution in [0.2, 0.25) is 0 Å². The predicted octanol–water partition coefficient (Wildman–Crippen LogP) is 2.09. The van der Waals surface area contributed by atoms with Gasteiger partial charge in [-0.15, -0.1) is 24.0 Å². The van der Waals surface area contributed by atoms with E-state index in [2.05, 4.69) is 29.4 Å². The Hall–Kier alpha value is -0.120. The van der Waals surface area contributed by atoms with Crippen LogP contribution in [0.1, 0.15) is 39.5 Å². The number of halogens is 1. The number of methoxy groups -OCH3 is 1. The molecule has 0 spiro atoms. The summed E-state index contributed by atoms with van der Waals surface area (Å²) in [6, 6.07) is 0.490. The van der Waals surface area contributed by atoms with Crippen LogP contribution in [0.5, 0.6) is 0 Å². The molecule has 1 aliphatic heterocycles. The first kappa shape index (κ1) is 22.9. The van der Waals surface area contributed by atoms with Crippen LogP contribution in [0.25, 0.3) is 0 Å². The zero-order chi connectivity index (χ0) is 17.3. The molecule has 0 radical (unpaired) electrons. The van der Waals surface area contributed by atoms with Crippen LogP contribution in [-0.2, 0) is 9.47 Å². The van der Waals surface area contributed by atoms with E-state index >= 15 is 0 Å². The van der Waals surface area contributed by atoms with E-state index in [4.69, 9.17) is 14.5 Å². The Kier molecular flexibility index (Phi) is 11.3. The molecule has 1 saturated heterocycles. The Bertz CT molecular complexity index is 385. The molecule has 7 heteroatoms. The highest BCUT2D eigenvalue weighted by Gasteiger charge is 2.36. The predicted molar refractivity (Wildman–Crippen MR) is 114 cm³/mol. The minimum absolute atomic E-state index is 0. The van der Waals surface area contributed by atoms with Crippen molar-refractivity contribution in [2.24, 2.45) is 10.4 Å². The van der Waals surface area contributed by atoms with Gasteiger partial charge in [0.15, 0.2) is 5.96 Å². The van der Waals surface area contributed by atoms with Gasteiger partial charge in [0.25, 0.3) is 0 Å². The van der Waals surface area contributed by atoms with Crippen LogP contribution in [-0.4, -0.2) is 76.6 Å². The molecule has 1 aliphatic carbocycles. The summed E-state index contributed by atoms with van der Waals surface area (Å²) in [7, 11) is 1.79. The van der Waals surface area contributed by atoms with Crippen molar-refractivity contribution in [1.82, 2.24) is 15.5 Å². The molecule has 1 unspecified atom stereocenters. The molecule has 1 saturated carbocycles. The molecular weight excluding hydrogens is 431 g/mol. The summed E-state index contributed by atoms with van der Waals surface area (Å²) in [5.41, 5.74) is 0.369. The zero-order valence-electron chi connectivity index (χ0n) is 16.2. The van der Waals surface area contributed by atoms with Gasteiger partial charge in [-0.3, -0.25) is 9.89 Å². The van der Waals surface area contributed by atoms with Gasteiger partial charge in [-0.05, 0) is 38.5 Å². The normalized spacial score (nSPS) is 21.8. The summed E-state index contributed by atoms with van der Waals surface area (Å²) in [5.74, 6) is 0.946. The van der Waals surface area contributed by atoms with Crippen molar-refractivity contribution >= 4 is 29.9 Å². The van der Waals surface area contributed by atoms with Crippen molar-refractivity contribution in [2.75, 3.05) is 59.7 Å². The minimum Gasteiger partial charge on any atom is -0.385 e. The second-order valence-electron chi connectivity index (χ2n) is 7.17. The summed E-state index contributed by atoms with van der Waals surface area (Å²) in [4.78, 5) is 7.35. The first-order valence-electron chi connectivity index (χ1n) is 9.52. The lowest BCUT2D eigenvalue weighted by Crippen LogP contribution is -2.49. The Morgan fingerprint density at radius 3 is 2.56 bits per heavy atom. The van der Waals surface area contributed by atoms with Gasteiger partial charge < -0.3 is 20.1 Å². The Labute approximate surface area is 170 Å². The molecule has 25 heavy (non-hydrogen) atoms. The third-order valence-electron chi connectivity index (χ3n) is 5.40. The number of morpholine rings is 1. The first-order valence-corrected chi connectivity index (χ1v) is 9.52. The molecular formula is C18H37IN4O2. The van der Waals surface area contributed by atoms with Crippen molar-refractivity contribution in [2.45, 2.75) is 45.6 Å². The maximum Gasteiger partial charge on any atom is 0.191 e. The number of rotatable bonds is 9. The molecule has 0 aromatic heterocycles. The van der Waals surface area contributed by atoms with Crippen molar-refractivity contribution in [3.63, 3.8) is 0 Å². The molecule has 0 bridgehead atoms. The van der Waals surface area contributed by atoms with Crippen molar-refractivity contribution in [1.29, 1.82) is 0 Å². The summed E-state index contributed by atoms with van der Waals surface area (Å²) < 4.78 is 10.7. The lowest BCUT2D eigenvalue weighted by Gasteiger charge is -2.41. The van der Waals surface area contributed by atoms with Gasteiger partial charge in [-0.25, -0.2) is 0 Å². The molecule has 1 heterocycles. The molecule has 1 atom stereocenters. The summed E-state index contributed by atoms with van der Waals surface area (Å²) >= 11 is 0. The maximum absolute atomic E-state index is 5.43. The van der Waals surface area contributed by atoms with Crippen LogP contribution in [0.15, 0.2) is 4.99 Å². The third-order valence-corrected chi connectivity index (χ3v) is 5.40. The molecule has 0 aromatic rings. The topological polar surface area (TPSA) is 58.1 Å². The average molecular weight is 468 g/mol. The summed E-state index contributed by atoms with van der Waals surface area (Å²) in [5, 5.41) is 6.90. The molecule has 2 fully saturated rings. The van der Waals surface area contributed by atoms with Crippen molar-refractivity contribution in [3.05, 3.63) is 0 Å². The van der Waals surface area contributed by atoms with Crippen LogP contribution in [0, 0.1) is 5.41 Å². The fourth-order valence-corrected chi connectivity index (χ4v) is 3.46. The third kappa shape index (κ3) is 7.56. The van der Waals surface area contributed by atoms with Crippen LogP contribution >= 0.6 is 24.0 Å². The largest absolute Gasteiger partial charge is 0.385 e. The molecule has 2 rings (SSSR count). The van der Waals surface area contributed by atoms with E-state index in [1.165, 1.54) is 19.3 Å². The SMILES string of the molecule is CCNC(=NCC1(CCOC)CCC1)NCC(C)N1CCOCC1.I. The molecule has 0 amide bonds. The fourth-order valence-electron chi connectivity index (χ4n) is 3.46. The van der Waals surface area contributed by atoms with Crippen molar-refractivity contribution in [3.8, 4) is 0 Å². The van der Waals surface area contributed by atoms with E-state index in [-0.39, 0.29) is 24.0 Å². The van der Waals surface area contributed by atoms with Gasteiger partial charge in [0, 0.05) is 52.5 Å². The van der Waals surface area contributed by atoms with Crippen LogP contribution in [0.4, 0.5) is 0 Å². The zero-order valence-corrected chi connectivity index (χ0v) is 18.5. The quantitative estimate of drug-likeness (QED) is 0.309. The Balaban J connectivity index is 0.00000312. The molecule has 2 N–H and O–H groups in total. The maximum atomic E-state index is 5.43. The van der Waals surface area contributed by atoms with Gasteiger partial charge >= 0.3 is 0 Å². The van der Waals surface area contributed by atoms with E-state index in [1.807, 2.05) is 0 Å². The second-order valence-corrected chi connectivity index (χ2v) is 7.17. The molecule has 6 nitrogen and oxygen atoms in total. The Morgan fingerprint density at radius 2 is 2.00 bits per heavy atom. The smallest absolute Gasteiger partial charge is 0.191 e. The van der Waals surface area contributed by atoms with E-state index in [0.717, 1.165) is 64.9 Å². The standard InChI is InChI=1S/C18H36N4O2.HI/c1-4-19-17(20-14-16(2)22-9-12-24-13-10-22)21-15-18(6-5-7-18)8-11-23-3;/h16H,4-15H2,1-3H3,(H2,19,20,21);1H. The number of nitrogens with one attached hydrogen (secondary N) is 2. The van der Waals surface area contributed by atoms with Gasteiger partial charge in [-0.2, -0.15) is 0 Å². The minimum atomic E-state index is 0. The number of hydrogen-bond acceptors (Lipinski definition) is 4. The first-order chi connectivity index (χ1) is 11.7. The fraction of sp³-hybridized carbons (Fsp3) is 0.944. The molecule has 148 valence electrons.